The minimum Gasteiger partial charge on any atom is -0.0991 e. The zero-order chi connectivity index (χ0) is 13.1. The van der Waals surface area contributed by atoms with Gasteiger partial charge in [-0.2, -0.15) is 0 Å². The van der Waals surface area contributed by atoms with Crippen LogP contribution in [0.1, 0.15) is 47.0 Å². The van der Waals surface area contributed by atoms with Crippen LogP contribution in [0, 0.1) is 0 Å². The van der Waals surface area contributed by atoms with Gasteiger partial charge >= 0.3 is 0 Å². The highest BCUT2D eigenvalue weighted by atomic mass is 14.0. The molecule has 0 unspecified atom stereocenters. The maximum atomic E-state index is 3.72. The Labute approximate surface area is 107 Å². The van der Waals surface area contributed by atoms with Crippen LogP contribution in [-0.2, 0) is 0 Å². The molecule has 0 bridgehead atoms. The van der Waals surface area contributed by atoms with Crippen molar-refractivity contribution in [2.45, 2.75) is 47.0 Å². The highest BCUT2D eigenvalue weighted by Gasteiger charge is 1.95. The normalized spacial score (nSPS) is 12.4. The summed E-state index contributed by atoms with van der Waals surface area (Å²) in [5, 5.41) is 0. The lowest BCUT2D eigenvalue weighted by molar-refractivity contribution is 0.925. The van der Waals surface area contributed by atoms with E-state index in [0.29, 0.717) is 0 Å². The Balaban J connectivity index is 5.09. The molecular weight excluding hydrogens is 204 g/mol. The van der Waals surface area contributed by atoms with E-state index in [1.165, 1.54) is 23.1 Å². The van der Waals surface area contributed by atoms with Crippen molar-refractivity contribution in [2.24, 2.45) is 0 Å². The molecule has 0 spiro atoms. The van der Waals surface area contributed by atoms with Crippen LogP contribution in [0.4, 0.5) is 0 Å². The van der Waals surface area contributed by atoms with Crippen LogP contribution in [-0.4, -0.2) is 0 Å². The summed E-state index contributed by atoms with van der Waals surface area (Å²) in [5.41, 5.74) is 4.05. The van der Waals surface area contributed by atoms with Gasteiger partial charge in [-0.1, -0.05) is 68.9 Å². The van der Waals surface area contributed by atoms with E-state index in [-0.39, 0.29) is 0 Å². The van der Waals surface area contributed by atoms with Crippen LogP contribution in [0.15, 0.2) is 59.8 Å². The van der Waals surface area contributed by atoms with E-state index in [9.17, 15) is 0 Å². The summed E-state index contributed by atoms with van der Waals surface area (Å²) in [5.74, 6) is 0. The highest BCUT2D eigenvalue weighted by molar-refractivity contribution is 5.40. The molecule has 0 radical (unpaired) electrons. The summed E-state index contributed by atoms with van der Waals surface area (Å²) >= 11 is 0. The van der Waals surface area contributed by atoms with Gasteiger partial charge in [0.25, 0.3) is 0 Å². The van der Waals surface area contributed by atoms with E-state index in [4.69, 9.17) is 0 Å². The van der Waals surface area contributed by atoms with E-state index < -0.39 is 0 Å². The quantitative estimate of drug-likeness (QED) is 0.488. The molecular formula is C17H26. The molecule has 0 aliphatic rings. The average molecular weight is 230 g/mol. The molecule has 0 atom stereocenters. The molecule has 0 aromatic heterocycles. The van der Waals surface area contributed by atoms with Gasteiger partial charge in [-0.05, 0) is 37.8 Å². The van der Waals surface area contributed by atoms with Crippen LogP contribution in [0.25, 0.3) is 0 Å². The predicted molar refractivity (Wildman–Crippen MR) is 80.1 cm³/mol. The van der Waals surface area contributed by atoms with E-state index in [1.54, 1.807) is 0 Å². The summed E-state index contributed by atoms with van der Waals surface area (Å²) in [6, 6.07) is 0. The van der Waals surface area contributed by atoms with Crippen LogP contribution in [0.5, 0.6) is 0 Å². The summed E-state index contributed by atoms with van der Waals surface area (Å²) in [6.45, 7) is 12.4. The maximum absolute atomic E-state index is 3.72. The zero-order valence-corrected chi connectivity index (χ0v) is 11.8. The number of hydrogen-bond donors (Lipinski definition) is 0. The Hall–Kier alpha value is -1.30. The van der Waals surface area contributed by atoms with E-state index >= 15 is 0 Å². The molecule has 0 N–H and O–H groups in total. The Morgan fingerprint density at radius 1 is 1.12 bits per heavy atom. The first kappa shape index (κ1) is 15.7. The van der Waals surface area contributed by atoms with Gasteiger partial charge in [0, 0.05) is 0 Å². The molecule has 0 amide bonds. The molecule has 17 heavy (non-hydrogen) atoms. The smallest absolute Gasteiger partial charge is 0.0271 e. The van der Waals surface area contributed by atoms with Crippen molar-refractivity contribution in [2.75, 3.05) is 0 Å². The molecule has 0 aliphatic carbocycles. The maximum Gasteiger partial charge on any atom is -0.0271 e. The first-order valence-corrected chi connectivity index (χ1v) is 6.49. The van der Waals surface area contributed by atoms with Gasteiger partial charge in [0.2, 0.25) is 0 Å². The Morgan fingerprint density at radius 2 is 1.82 bits per heavy atom. The van der Waals surface area contributed by atoms with Crippen molar-refractivity contribution >= 4 is 0 Å². The van der Waals surface area contributed by atoms with Gasteiger partial charge in [-0.3, -0.25) is 0 Å². The van der Waals surface area contributed by atoms with Gasteiger partial charge in [0.05, 0.1) is 0 Å². The Bertz CT molecular complexity index is 331. The average Bonchev–Trinajstić information content (AvgIpc) is 2.30. The molecule has 94 valence electrons. The van der Waals surface area contributed by atoms with Crippen molar-refractivity contribution < 1.29 is 0 Å². The molecule has 0 fully saturated rings. The fourth-order valence-electron chi connectivity index (χ4n) is 1.49. The van der Waals surface area contributed by atoms with Crippen molar-refractivity contribution in [3.05, 3.63) is 59.8 Å². The number of allylic oxidation sites excluding steroid dienone is 9. The fraction of sp³-hybridized carbons (Fsp3) is 0.412. The lowest BCUT2D eigenvalue weighted by Crippen LogP contribution is -1.83. The topological polar surface area (TPSA) is 0 Å². The number of hydrogen-bond acceptors (Lipinski definition) is 0. The lowest BCUT2D eigenvalue weighted by atomic mass is 10.0. The van der Waals surface area contributed by atoms with Crippen molar-refractivity contribution in [3.8, 4) is 0 Å². The predicted octanol–water partition coefficient (Wildman–Crippen LogP) is 5.76. The second-order valence-corrected chi connectivity index (χ2v) is 4.33. The van der Waals surface area contributed by atoms with Crippen molar-refractivity contribution in [1.82, 2.24) is 0 Å². The standard InChI is InChI=1S/C17H26/c1-6-9-12-16(11-8-3)14-17(15(4)5)13-10-7-2/h6,9-10,12-14H,1,7-8,11H2,2-5H3. The van der Waals surface area contributed by atoms with Crippen LogP contribution < -0.4 is 0 Å². The summed E-state index contributed by atoms with van der Waals surface area (Å²) in [7, 11) is 0. The molecule has 0 saturated heterocycles. The highest BCUT2D eigenvalue weighted by Crippen LogP contribution is 2.15. The summed E-state index contributed by atoms with van der Waals surface area (Å²) < 4.78 is 0. The van der Waals surface area contributed by atoms with Gasteiger partial charge in [0.1, 0.15) is 0 Å². The molecule has 0 saturated carbocycles. The minimum absolute atomic E-state index is 1.08. The Kier molecular flexibility index (Phi) is 9.14. The third-order valence-electron chi connectivity index (χ3n) is 2.44. The molecule has 0 heteroatoms. The molecule has 0 aliphatic heterocycles. The SMILES string of the molecule is C=CC=CC(=CC(C=CCC)=C(C)C)CCC. The van der Waals surface area contributed by atoms with Crippen LogP contribution >= 0.6 is 0 Å². The summed E-state index contributed by atoms with van der Waals surface area (Å²) in [6.07, 6.45) is 16.1. The van der Waals surface area contributed by atoms with E-state index in [0.717, 1.165) is 12.8 Å². The summed E-state index contributed by atoms with van der Waals surface area (Å²) in [4.78, 5) is 0. The molecule has 0 heterocycles. The second kappa shape index (κ2) is 9.89. The molecule has 0 aromatic rings. The lowest BCUT2D eigenvalue weighted by Gasteiger charge is -2.03. The fourth-order valence-corrected chi connectivity index (χ4v) is 1.49. The van der Waals surface area contributed by atoms with Crippen LogP contribution in [0.2, 0.25) is 0 Å². The third-order valence-corrected chi connectivity index (χ3v) is 2.44. The van der Waals surface area contributed by atoms with E-state index in [1.807, 2.05) is 12.2 Å². The van der Waals surface area contributed by atoms with Gasteiger partial charge < -0.3 is 0 Å². The van der Waals surface area contributed by atoms with Gasteiger partial charge in [-0.15, -0.1) is 0 Å². The second-order valence-electron chi connectivity index (χ2n) is 4.33. The van der Waals surface area contributed by atoms with E-state index in [2.05, 4.69) is 58.6 Å². The van der Waals surface area contributed by atoms with Crippen LogP contribution in [0.3, 0.4) is 0 Å². The number of rotatable bonds is 7. The van der Waals surface area contributed by atoms with Crippen molar-refractivity contribution in [3.63, 3.8) is 0 Å². The van der Waals surface area contributed by atoms with Crippen molar-refractivity contribution in [1.29, 1.82) is 0 Å². The first-order chi connectivity index (χ1) is 8.15. The monoisotopic (exact) mass is 230 g/mol. The Morgan fingerprint density at radius 3 is 2.29 bits per heavy atom. The largest absolute Gasteiger partial charge is 0.0991 e. The third kappa shape index (κ3) is 7.57. The molecule has 0 nitrogen and oxygen atoms in total. The molecule has 0 rings (SSSR count). The van der Waals surface area contributed by atoms with Gasteiger partial charge in [0.15, 0.2) is 0 Å². The zero-order valence-electron chi connectivity index (χ0n) is 11.8. The molecule has 0 aromatic carbocycles. The van der Waals surface area contributed by atoms with Gasteiger partial charge in [-0.25, -0.2) is 0 Å². The first-order valence-electron chi connectivity index (χ1n) is 6.49. The minimum atomic E-state index is 1.08.